The van der Waals surface area contributed by atoms with E-state index in [1.165, 1.54) is 24.0 Å². The molecule has 0 radical (unpaired) electrons. The third kappa shape index (κ3) is 2.07. The van der Waals surface area contributed by atoms with E-state index in [9.17, 15) is 4.39 Å². The summed E-state index contributed by atoms with van der Waals surface area (Å²) in [6, 6.07) is 6.36. The van der Waals surface area contributed by atoms with Crippen molar-refractivity contribution in [2.24, 2.45) is 11.8 Å². The van der Waals surface area contributed by atoms with Crippen LogP contribution in [0.4, 0.5) is 4.39 Å². The molecule has 0 spiro atoms. The Labute approximate surface area is 109 Å². The topological polar surface area (TPSA) is 12.0 Å². The van der Waals surface area contributed by atoms with E-state index in [1.807, 2.05) is 6.07 Å². The summed E-state index contributed by atoms with van der Waals surface area (Å²) >= 11 is 0. The van der Waals surface area contributed by atoms with Gasteiger partial charge in [-0.05, 0) is 60.8 Å². The number of nitrogens with one attached hydrogen (secondary N) is 1. The first kappa shape index (κ1) is 12.2. The molecule has 1 N–H and O–H groups in total. The molecule has 18 heavy (non-hydrogen) atoms. The maximum Gasteiger partial charge on any atom is 0.123 e. The van der Waals surface area contributed by atoms with E-state index in [4.69, 9.17) is 0 Å². The molecule has 1 saturated carbocycles. The van der Waals surface area contributed by atoms with Crippen LogP contribution >= 0.6 is 0 Å². The van der Waals surface area contributed by atoms with Gasteiger partial charge >= 0.3 is 0 Å². The fourth-order valence-electron chi connectivity index (χ4n) is 3.62. The Bertz CT molecular complexity index is 443. The van der Waals surface area contributed by atoms with E-state index in [-0.39, 0.29) is 5.82 Å². The quantitative estimate of drug-likeness (QED) is 0.837. The second-order valence-corrected chi connectivity index (χ2v) is 6.12. The van der Waals surface area contributed by atoms with Crippen molar-refractivity contribution in [2.45, 2.75) is 51.6 Å². The normalized spacial score (nSPS) is 34.8. The zero-order valence-electron chi connectivity index (χ0n) is 11.2. The monoisotopic (exact) mass is 247 g/mol. The van der Waals surface area contributed by atoms with Crippen LogP contribution in [0.3, 0.4) is 0 Å². The lowest BCUT2D eigenvalue weighted by atomic mass is 9.96. The second-order valence-electron chi connectivity index (χ2n) is 6.12. The molecule has 2 aliphatic carbocycles. The van der Waals surface area contributed by atoms with Gasteiger partial charge in [-0.25, -0.2) is 4.39 Å². The maximum atomic E-state index is 13.2. The molecule has 4 unspecified atom stereocenters. The molecule has 0 saturated heterocycles. The first-order valence-corrected chi connectivity index (χ1v) is 7.19. The predicted molar refractivity (Wildman–Crippen MR) is 71.9 cm³/mol. The Kier molecular flexibility index (Phi) is 3.14. The average Bonchev–Trinajstić information content (AvgIpc) is 2.88. The molecule has 2 aliphatic rings. The Balaban J connectivity index is 1.73. The number of hydrogen-bond donors (Lipinski definition) is 1. The molecule has 1 aromatic carbocycles. The SMILES string of the molecule is CC1CCC(NC2CCc3cc(F)ccc32)C1C. The molecule has 2 heteroatoms. The molecule has 0 heterocycles. The Morgan fingerprint density at radius 1 is 1.17 bits per heavy atom. The Hall–Kier alpha value is -0.890. The Morgan fingerprint density at radius 2 is 2.00 bits per heavy atom. The second kappa shape index (κ2) is 4.65. The van der Waals surface area contributed by atoms with Crippen LogP contribution in [0.15, 0.2) is 18.2 Å². The van der Waals surface area contributed by atoms with Crippen LogP contribution < -0.4 is 5.32 Å². The van der Waals surface area contributed by atoms with E-state index in [0.29, 0.717) is 12.1 Å². The van der Waals surface area contributed by atoms with Gasteiger partial charge in [0.1, 0.15) is 5.82 Å². The summed E-state index contributed by atoms with van der Waals surface area (Å²) in [4.78, 5) is 0. The van der Waals surface area contributed by atoms with Gasteiger partial charge in [0.25, 0.3) is 0 Å². The fraction of sp³-hybridized carbons (Fsp3) is 0.625. The minimum Gasteiger partial charge on any atom is -0.307 e. The van der Waals surface area contributed by atoms with Crippen LogP contribution in [-0.2, 0) is 6.42 Å². The standard InChI is InChI=1S/C16H22FN/c1-10-3-7-15(11(10)2)18-16-8-4-12-9-13(17)5-6-14(12)16/h5-6,9-11,15-16,18H,3-4,7-8H2,1-2H3. The number of fused-ring (bicyclic) bond motifs is 1. The van der Waals surface area contributed by atoms with Crippen molar-refractivity contribution in [3.05, 3.63) is 35.1 Å². The summed E-state index contributed by atoms with van der Waals surface area (Å²) in [5.74, 6) is 1.49. The predicted octanol–water partition coefficient (Wildman–Crippen LogP) is 3.84. The van der Waals surface area contributed by atoms with Gasteiger partial charge in [-0.3, -0.25) is 0 Å². The van der Waals surface area contributed by atoms with Gasteiger partial charge in [-0.1, -0.05) is 19.9 Å². The molecule has 4 atom stereocenters. The van der Waals surface area contributed by atoms with E-state index in [1.54, 1.807) is 12.1 Å². The highest BCUT2D eigenvalue weighted by Gasteiger charge is 2.33. The van der Waals surface area contributed by atoms with E-state index in [0.717, 1.165) is 24.7 Å². The van der Waals surface area contributed by atoms with Crippen molar-refractivity contribution in [3.8, 4) is 0 Å². The molecular weight excluding hydrogens is 225 g/mol. The first-order chi connectivity index (χ1) is 8.65. The van der Waals surface area contributed by atoms with E-state index < -0.39 is 0 Å². The van der Waals surface area contributed by atoms with Crippen molar-refractivity contribution in [1.82, 2.24) is 5.32 Å². The third-order valence-corrected chi connectivity index (χ3v) is 5.06. The van der Waals surface area contributed by atoms with Gasteiger partial charge in [0, 0.05) is 12.1 Å². The molecule has 0 amide bonds. The smallest absolute Gasteiger partial charge is 0.123 e. The molecule has 1 nitrogen and oxygen atoms in total. The van der Waals surface area contributed by atoms with Crippen molar-refractivity contribution in [1.29, 1.82) is 0 Å². The van der Waals surface area contributed by atoms with Crippen LogP contribution in [0.5, 0.6) is 0 Å². The van der Waals surface area contributed by atoms with Gasteiger partial charge in [0.15, 0.2) is 0 Å². The van der Waals surface area contributed by atoms with Crippen molar-refractivity contribution < 1.29 is 4.39 Å². The largest absolute Gasteiger partial charge is 0.307 e. The minimum atomic E-state index is -0.0998. The summed E-state index contributed by atoms with van der Waals surface area (Å²) < 4.78 is 13.2. The zero-order chi connectivity index (χ0) is 12.7. The molecule has 0 aromatic heterocycles. The highest BCUT2D eigenvalue weighted by Crippen LogP contribution is 2.36. The Morgan fingerprint density at radius 3 is 2.72 bits per heavy atom. The molecule has 0 aliphatic heterocycles. The molecule has 1 fully saturated rings. The zero-order valence-corrected chi connectivity index (χ0v) is 11.2. The van der Waals surface area contributed by atoms with E-state index >= 15 is 0 Å². The average molecular weight is 247 g/mol. The molecular formula is C16H22FN. The highest BCUT2D eigenvalue weighted by molar-refractivity contribution is 5.35. The van der Waals surface area contributed by atoms with Crippen LogP contribution in [-0.4, -0.2) is 6.04 Å². The van der Waals surface area contributed by atoms with Crippen LogP contribution in [0, 0.1) is 17.7 Å². The lowest BCUT2D eigenvalue weighted by Gasteiger charge is -2.24. The number of halogens is 1. The molecule has 3 rings (SSSR count). The highest BCUT2D eigenvalue weighted by atomic mass is 19.1. The van der Waals surface area contributed by atoms with Crippen molar-refractivity contribution >= 4 is 0 Å². The lowest BCUT2D eigenvalue weighted by Crippen LogP contribution is -2.34. The third-order valence-electron chi connectivity index (χ3n) is 5.06. The molecule has 1 aromatic rings. The summed E-state index contributed by atoms with van der Waals surface area (Å²) in [6.45, 7) is 4.71. The molecule has 0 bridgehead atoms. The van der Waals surface area contributed by atoms with Crippen molar-refractivity contribution in [3.63, 3.8) is 0 Å². The van der Waals surface area contributed by atoms with Gasteiger partial charge < -0.3 is 5.32 Å². The summed E-state index contributed by atoms with van der Waals surface area (Å²) in [7, 11) is 0. The summed E-state index contributed by atoms with van der Waals surface area (Å²) in [6.07, 6.45) is 4.76. The summed E-state index contributed by atoms with van der Waals surface area (Å²) in [5.41, 5.74) is 2.52. The van der Waals surface area contributed by atoms with Crippen LogP contribution in [0.1, 0.15) is 50.3 Å². The summed E-state index contributed by atoms with van der Waals surface area (Å²) in [5, 5.41) is 3.81. The van der Waals surface area contributed by atoms with Gasteiger partial charge in [0.05, 0.1) is 0 Å². The maximum absolute atomic E-state index is 13.2. The first-order valence-electron chi connectivity index (χ1n) is 7.19. The van der Waals surface area contributed by atoms with Gasteiger partial charge in [0.2, 0.25) is 0 Å². The van der Waals surface area contributed by atoms with Crippen LogP contribution in [0.25, 0.3) is 0 Å². The number of aryl methyl sites for hydroxylation is 1. The lowest BCUT2D eigenvalue weighted by molar-refractivity contribution is 0.338. The number of rotatable bonds is 2. The van der Waals surface area contributed by atoms with Crippen LogP contribution in [0.2, 0.25) is 0 Å². The van der Waals surface area contributed by atoms with Gasteiger partial charge in [-0.2, -0.15) is 0 Å². The van der Waals surface area contributed by atoms with E-state index in [2.05, 4.69) is 19.2 Å². The minimum absolute atomic E-state index is 0.0998. The van der Waals surface area contributed by atoms with Gasteiger partial charge in [-0.15, -0.1) is 0 Å². The number of hydrogen-bond acceptors (Lipinski definition) is 1. The van der Waals surface area contributed by atoms with Crippen molar-refractivity contribution in [2.75, 3.05) is 0 Å². The molecule has 98 valence electrons. The number of benzene rings is 1. The fourth-order valence-corrected chi connectivity index (χ4v) is 3.62.